The third kappa shape index (κ3) is 5.03. The van der Waals surface area contributed by atoms with Crippen molar-refractivity contribution in [2.45, 2.75) is 13.3 Å². The zero-order chi connectivity index (χ0) is 20.1. The molecule has 1 aliphatic carbocycles. The summed E-state index contributed by atoms with van der Waals surface area (Å²) >= 11 is 6.19. The molecule has 0 saturated heterocycles. The van der Waals surface area contributed by atoms with Gasteiger partial charge in [-0.3, -0.25) is 9.59 Å². The van der Waals surface area contributed by atoms with Crippen LogP contribution in [0.5, 0.6) is 5.75 Å². The summed E-state index contributed by atoms with van der Waals surface area (Å²) in [5.41, 5.74) is 1.61. The Morgan fingerprint density at radius 3 is 2.46 bits per heavy atom. The third-order valence-electron chi connectivity index (χ3n) is 4.61. The van der Waals surface area contributed by atoms with Crippen LogP contribution in [-0.4, -0.2) is 32.1 Å². The number of benzene rings is 2. The van der Waals surface area contributed by atoms with Crippen molar-refractivity contribution >= 4 is 34.8 Å². The number of hydrogen-bond donors (Lipinski definition) is 2. The van der Waals surface area contributed by atoms with E-state index >= 15 is 0 Å². The fourth-order valence-corrected chi connectivity index (χ4v) is 3.03. The Hall–Kier alpha value is -2.57. The molecule has 1 saturated carbocycles. The van der Waals surface area contributed by atoms with Crippen LogP contribution in [0, 0.1) is 11.8 Å². The van der Waals surface area contributed by atoms with Crippen LogP contribution in [0.15, 0.2) is 42.5 Å². The summed E-state index contributed by atoms with van der Waals surface area (Å²) in [6, 6.07) is 11.9. The van der Waals surface area contributed by atoms with E-state index in [2.05, 4.69) is 17.6 Å². The quantitative estimate of drug-likeness (QED) is 0.648. The van der Waals surface area contributed by atoms with Gasteiger partial charge in [-0.2, -0.15) is 0 Å². The van der Waals surface area contributed by atoms with E-state index in [-0.39, 0.29) is 17.7 Å². The molecule has 6 nitrogen and oxygen atoms in total. The number of methoxy groups -OCH3 is 1. The van der Waals surface area contributed by atoms with Gasteiger partial charge in [0.15, 0.2) is 5.75 Å². The second-order valence-electron chi connectivity index (χ2n) is 6.80. The van der Waals surface area contributed by atoms with Crippen molar-refractivity contribution in [3.63, 3.8) is 0 Å². The average molecular weight is 403 g/mol. The van der Waals surface area contributed by atoms with Crippen LogP contribution in [-0.2, 0) is 9.53 Å². The third-order valence-corrected chi connectivity index (χ3v) is 4.91. The normalized spacial score (nSPS) is 17.7. The molecule has 28 heavy (non-hydrogen) atoms. The molecule has 2 aromatic carbocycles. The second-order valence-corrected chi connectivity index (χ2v) is 7.21. The molecule has 0 aromatic heterocycles. The molecule has 148 valence electrons. The molecule has 1 fully saturated rings. The van der Waals surface area contributed by atoms with Gasteiger partial charge < -0.3 is 20.1 Å². The molecule has 2 aromatic rings. The number of hydrogen-bond acceptors (Lipinski definition) is 4. The van der Waals surface area contributed by atoms with E-state index in [0.717, 1.165) is 6.42 Å². The number of amides is 2. The van der Waals surface area contributed by atoms with Crippen LogP contribution in [0.4, 0.5) is 11.4 Å². The highest BCUT2D eigenvalue weighted by molar-refractivity contribution is 6.32. The first-order valence-electron chi connectivity index (χ1n) is 9.12. The molecule has 2 atom stereocenters. The predicted octanol–water partition coefficient (Wildman–Crippen LogP) is 4.21. The van der Waals surface area contributed by atoms with E-state index < -0.39 is 0 Å². The van der Waals surface area contributed by atoms with Gasteiger partial charge in [0.25, 0.3) is 5.91 Å². The minimum atomic E-state index is -0.299. The van der Waals surface area contributed by atoms with Crippen LogP contribution in [0.25, 0.3) is 0 Å². The highest BCUT2D eigenvalue weighted by Gasteiger charge is 2.39. The SMILES string of the molecule is COCCOc1c(Cl)cccc1NC(=O)c1ccc(NC(=O)C2CC2C)cc1. The molecule has 2 amide bonds. The van der Waals surface area contributed by atoms with E-state index in [9.17, 15) is 9.59 Å². The Morgan fingerprint density at radius 1 is 1.11 bits per heavy atom. The van der Waals surface area contributed by atoms with Crippen LogP contribution >= 0.6 is 11.6 Å². The van der Waals surface area contributed by atoms with Gasteiger partial charge in [-0.1, -0.05) is 24.6 Å². The van der Waals surface area contributed by atoms with Crippen molar-refractivity contribution < 1.29 is 19.1 Å². The maximum absolute atomic E-state index is 12.6. The molecular formula is C21H23ClN2O4. The van der Waals surface area contributed by atoms with Crippen LogP contribution in [0.3, 0.4) is 0 Å². The summed E-state index contributed by atoms with van der Waals surface area (Å²) in [4.78, 5) is 24.6. The standard InChI is InChI=1S/C21H23ClN2O4/c1-13-12-16(13)21(26)23-15-8-6-14(7-9-15)20(25)24-18-5-3-4-17(22)19(18)28-11-10-27-2/h3-9,13,16H,10-12H2,1-2H3,(H,23,26)(H,24,25). The van der Waals surface area contributed by atoms with Crippen molar-refractivity contribution in [3.05, 3.63) is 53.1 Å². The monoisotopic (exact) mass is 402 g/mol. The fraction of sp³-hybridized carbons (Fsp3) is 0.333. The molecule has 0 radical (unpaired) electrons. The van der Waals surface area contributed by atoms with Gasteiger partial charge in [0, 0.05) is 24.3 Å². The maximum atomic E-state index is 12.6. The smallest absolute Gasteiger partial charge is 0.255 e. The second kappa shape index (κ2) is 9.08. The maximum Gasteiger partial charge on any atom is 0.255 e. The predicted molar refractivity (Wildman–Crippen MR) is 109 cm³/mol. The first-order chi connectivity index (χ1) is 13.5. The summed E-state index contributed by atoms with van der Waals surface area (Å²) in [5.74, 6) is 0.677. The molecule has 0 aliphatic heterocycles. The number of carbonyl (C=O) groups excluding carboxylic acids is 2. The number of rotatable bonds is 8. The molecule has 0 bridgehead atoms. The van der Waals surface area contributed by atoms with E-state index in [1.165, 1.54) is 0 Å². The summed E-state index contributed by atoms with van der Waals surface area (Å²) in [6.45, 7) is 2.78. The molecule has 0 spiro atoms. The van der Waals surface area contributed by atoms with Crippen molar-refractivity contribution in [2.75, 3.05) is 31.0 Å². The van der Waals surface area contributed by atoms with E-state index in [0.29, 0.717) is 46.8 Å². The van der Waals surface area contributed by atoms with Gasteiger partial charge in [0.1, 0.15) is 6.61 Å². The molecule has 2 unspecified atom stereocenters. The zero-order valence-electron chi connectivity index (χ0n) is 15.8. The van der Waals surface area contributed by atoms with Crippen molar-refractivity contribution in [2.24, 2.45) is 11.8 Å². The lowest BCUT2D eigenvalue weighted by Crippen LogP contribution is -2.16. The summed E-state index contributed by atoms with van der Waals surface area (Å²) in [5, 5.41) is 6.09. The highest BCUT2D eigenvalue weighted by Crippen LogP contribution is 2.38. The fourth-order valence-electron chi connectivity index (χ4n) is 2.80. The molecule has 3 rings (SSSR count). The molecule has 0 heterocycles. The summed E-state index contributed by atoms with van der Waals surface area (Å²) < 4.78 is 10.6. The van der Waals surface area contributed by atoms with E-state index in [1.54, 1.807) is 49.6 Å². The largest absolute Gasteiger partial charge is 0.487 e. The van der Waals surface area contributed by atoms with Crippen molar-refractivity contribution in [1.29, 1.82) is 0 Å². The minimum absolute atomic E-state index is 0.0291. The number of para-hydroxylation sites is 1. The lowest BCUT2D eigenvalue weighted by molar-refractivity contribution is -0.117. The van der Waals surface area contributed by atoms with Crippen LogP contribution in [0.2, 0.25) is 5.02 Å². The molecule has 2 N–H and O–H groups in total. The lowest BCUT2D eigenvalue weighted by Gasteiger charge is -2.14. The minimum Gasteiger partial charge on any atom is -0.487 e. The Bertz CT molecular complexity index is 854. The summed E-state index contributed by atoms with van der Waals surface area (Å²) in [6.07, 6.45) is 0.931. The van der Waals surface area contributed by atoms with Crippen molar-refractivity contribution in [3.8, 4) is 5.75 Å². The van der Waals surface area contributed by atoms with Crippen molar-refractivity contribution in [1.82, 2.24) is 0 Å². The Labute approximate surface area is 169 Å². The van der Waals surface area contributed by atoms with Crippen LogP contribution < -0.4 is 15.4 Å². The molecular weight excluding hydrogens is 380 g/mol. The Morgan fingerprint density at radius 2 is 1.82 bits per heavy atom. The average Bonchev–Trinajstić information content (AvgIpc) is 3.41. The first kappa shape index (κ1) is 20.2. The lowest BCUT2D eigenvalue weighted by atomic mass is 10.1. The van der Waals surface area contributed by atoms with E-state index in [1.807, 2.05) is 0 Å². The number of anilines is 2. The van der Waals surface area contributed by atoms with E-state index in [4.69, 9.17) is 21.1 Å². The Balaban J connectivity index is 1.64. The molecule has 1 aliphatic rings. The molecule has 7 heteroatoms. The van der Waals surface area contributed by atoms with Gasteiger partial charge in [-0.25, -0.2) is 0 Å². The highest BCUT2D eigenvalue weighted by atomic mass is 35.5. The zero-order valence-corrected chi connectivity index (χ0v) is 16.6. The topological polar surface area (TPSA) is 76.7 Å². The van der Waals surface area contributed by atoms with Gasteiger partial charge in [-0.05, 0) is 48.7 Å². The number of carbonyl (C=O) groups is 2. The number of ether oxygens (including phenoxy) is 2. The van der Waals surface area contributed by atoms with Gasteiger partial charge in [0.05, 0.1) is 17.3 Å². The van der Waals surface area contributed by atoms with Gasteiger partial charge >= 0.3 is 0 Å². The number of halogens is 1. The number of nitrogens with one attached hydrogen (secondary N) is 2. The van der Waals surface area contributed by atoms with Gasteiger partial charge in [0.2, 0.25) is 5.91 Å². The Kier molecular flexibility index (Phi) is 6.54. The first-order valence-corrected chi connectivity index (χ1v) is 9.50. The summed E-state index contributed by atoms with van der Waals surface area (Å²) in [7, 11) is 1.58. The van der Waals surface area contributed by atoms with Gasteiger partial charge in [-0.15, -0.1) is 0 Å². The van der Waals surface area contributed by atoms with Crippen LogP contribution in [0.1, 0.15) is 23.7 Å².